The summed E-state index contributed by atoms with van der Waals surface area (Å²) in [6.07, 6.45) is 16.9. The van der Waals surface area contributed by atoms with E-state index >= 15 is 0 Å². The summed E-state index contributed by atoms with van der Waals surface area (Å²) in [7, 11) is 0. The molecule has 0 aromatic rings. The summed E-state index contributed by atoms with van der Waals surface area (Å²) in [6.45, 7) is 6.63. The van der Waals surface area contributed by atoms with E-state index in [4.69, 9.17) is 0 Å². The van der Waals surface area contributed by atoms with Gasteiger partial charge in [0.2, 0.25) is 0 Å². The molecule has 0 nitrogen and oxygen atoms in total. The van der Waals surface area contributed by atoms with Gasteiger partial charge in [0, 0.05) is 0 Å². The zero-order valence-corrected chi connectivity index (χ0v) is 10.1. The number of allylic oxidation sites excluding steroid dienone is 4. The number of hydrogen-bond acceptors (Lipinski definition) is 0. The first-order chi connectivity index (χ1) is 6.85. The van der Waals surface area contributed by atoms with E-state index in [1.54, 1.807) is 0 Å². The molecular weight excluding hydrogens is 168 g/mol. The van der Waals surface area contributed by atoms with Crippen LogP contribution < -0.4 is 0 Å². The molecule has 14 heavy (non-hydrogen) atoms. The van der Waals surface area contributed by atoms with Crippen molar-refractivity contribution in [1.82, 2.24) is 0 Å². The smallest absolute Gasteiger partial charge is 0.0169 e. The van der Waals surface area contributed by atoms with Gasteiger partial charge >= 0.3 is 0 Å². The third-order valence-electron chi connectivity index (χ3n) is 2.62. The first-order valence-corrected chi connectivity index (χ1v) is 6.12. The van der Waals surface area contributed by atoms with E-state index < -0.39 is 0 Å². The number of hydrogen-bond donors (Lipinski definition) is 0. The average Bonchev–Trinajstić information content (AvgIpc) is 2.22. The van der Waals surface area contributed by atoms with E-state index in [0.29, 0.717) is 0 Å². The Morgan fingerprint density at radius 1 is 1.07 bits per heavy atom. The van der Waals surface area contributed by atoms with Gasteiger partial charge in [0.15, 0.2) is 0 Å². The summed E-state index contributed by atoms with van der Waals surface area (Å²) in [6, 6.07) is 0. The third-order valence-corrected chi connectivity index (χ3v) is 2.62. The van der Waals surface area contributed by atoms with Crippen molar-refractivity contribution in [3.8, 4) is 0 Å². The van der Waals surface area contributed by atoms with Gasteiger partial charge in [0.1, 0.15) is 0 Å². The van der Waals surface area contributed by atoms with Gasteiger partial charge in [-0.25, -0.2) is 0 Å². The molecule has 82 valence electrons. The molecule has 0 aromatic heterocycles. The van der Waals surface area contributed by atoms with Crippen molar-refractivity contribution in [1.29, 1.82) is 0 Å². The minimum atomic E-state index is 0.812. The van der Waals surface area contributed by atoms with Crippen LogP contribution in [0.1, 0.15) is 59.3 Å². The van der Waals surface area contributed by atoms with Crippen molar-refractivity contribution in [2.75, 3.05) is 0 Å². The predicted octanol–water partition coefficient (Wildman–Crippen LogP) is 5.12. The van der Waals surface area contributed by atoms with Crippen LogP contribution in [0.4, 0.5) is 0 Å². The molecule has 0 fully saturated rings. The number of unbranched alkanes of at least 4 members (excludes halogenated alkanes) is 2. The molecule has 0 aliphatic carbocycles. The Balaban J connectivity index is 3.60. The van der Waals surface area contributed by atoms with E-state index in [1.807, 2.05) is 0 Å². The maximum absolute atomic E-state index is 2.40. The minimum Gasteiger partial charge on any atom is -0.0914 e. The lowest BCUT2D eigenvalue weighted by atomic mass is 9.98. The van der Waals surface area contributed by atoms with Crippen LogP contribution in [0.25, 0.3) is 0 Å². The zero-order valence-electron chi connectivity index (χ0n) is 10.1. The highest BCUT2D eigenvalue weighted by Crippen LogP contribution is 2.15. The predicted molar refractivity (Wildman–Crippen MR) is 66.5 cm³/mol. The Hall–Kier alpha value is -0.520. The molecule has 0 aromatic carbocycles. The molecule has 0 aliphatic rings. The summed E-state index contributed by atoms with van der Waals surface area (Å²) >= 11 is 0. The van der Waals surface area contributed by atoms with Crippen LogP contribution in [0.3, 0.4) is 0 Å². The molecule has 0 spiro atoms. The van der Waals surface area contributed by atoms with E-state index in [2.05, 4.69) is 45.1 Å². The summed E-state index contributed by atoms with van der Waals surface area (Å²) in [5.41, 5.74) is 0. The van der Waals surface area contributed by atoms with Gasteiger partial charge < -0.3 is 0 Å². The van der Waals surface area contributed by atoms with Gasteiger partial charge in [0.25, 0.3) is 0 Å². The Bertz CT molecular complexity index is 153. The first kappa shape index (κ1) is 13.5. The highest BCUT2D eigenvalue weighted by atomic mass is 14.1. The van der Waals surface area contributed by atoms with Crippen LogP contribution in [0, 0.1) is 5.92 Å². The Kier molecular flexibility index (Phi) is 10.2. The van der Waals surface area contributed by atoms with Crippen LogP contribution in [0.15, 0.2) is 24.3 Å². The Labute approximate surface area is 90.1 Å². The lowest BCUT2D eigenvalue weighted by Crippen LogP contribution is -1.93. The highest BCUT2D eigenvalue weighted by molar-refractivity contribution is 4.94. The van der Waals surface area contributed by atoms with Crippen molar-refractivity contribution in [2.24, 2.45) is 5.92 Å². The average molecular weight is 194 g/mol. The lowest BCUT2D eigenvalue weighted by Gasteiger charge is -2.08. The topological polar surface area (TPSA) is 0 Å². The summed E-state index contributed by atoms with van der Waals surface area (Å²) in [5, 5.41) is 0. The van der Waals surface area contributed by atoms with Crippen molar-refractivity contribution in [2.45, 2.75) is 59.3 Å². The summed E-state index contributed by atoms with van der Waals surface area (Å²) in [5.74, 6) is 0.812. The van der Waals surface area contributed by atoms with Gasteiger partial charge in [-0.15, -0.1) is 0 Å². The van der Waals surface area contributed by atoms with Crippen molar-refractivity contribution < 1.29 is 0 Å². The zero-order chi connectivity index (χ0) is 10.6. The molecule has 0 radical (unpaired) electrons. The monoisotopic (exact) mass is 194 g/mol. The molecule has 0 N–H and O–H groups in total. The second-order valence-corrected chi connectivity index (χ2v) is 3.90. The van der Waals surface area contributed by atoms with Crippen LogP contribution in [-0.2, 0) is 0 Å². The minimum absolute atomic E-state index is 0.812. The molecule has 0 bridgehead atoms. The molecule has 0 rings (SSSR count). The van der Waals surface area contributed by atoms with Crippen molar-refractivity contribution in [3.05, 3.63) is 24.3 Å². The molecule has 0 saturated heterocycles. The fraction of sp³-hybridized carbons (Fsp3) is 0.714. The molecule has 1 atom stereocenters. The molecule has 0 amide bonds. The maximum atomic E-state index is 2.40. The molecule has 1 unspecified atom stereocenters. The first-order valence-electron chi connectivity index (χ1n) is 6.12. The molecule has 0 heteroatoms. The van der Waals surface area contributed by atoms with E-state index in [1.165, 1.54) is 32.1 Å². The molecule has 0 saturated carbocycles. The SMILES string of the molecule is CC=CCC=CC(CC)CCCCC. The second kappa shape index (κ2) is 10.6. The quantitative estimate of drug-likeness (QED) is 0.372. The molecular formula is C14H26. The summed E-state index contributed by atoms with van der Waals surface area (Å²) in [4.78, 5) is 0. The van der Waals surface area contributed by atoms with Crippen molar-refractivity contribution >= 4 is 0 Å². The van der Waals surface area contributed by atoms with Gasteiger partial charge in [-0.2, -0.15) is 0 Å². The van der Waals surface area contributed by atoms with Crippen molar-refractivity contribution in [3.63, 3.8) is 0 Å². The summed E-state index contributed by atoms with van der Waals surface area (Å²) < 4.78 is 0. The Morgan fingerprint density at radius 3 is 2.43 bits per heavy atom. The standard InChI is InChI=1S/C14H26/c1-4-7-9-11-13-14(6-3)12-10-8-5-2/h4,7,11,13-14H,5-6,8-10,12H2,1-3H3. The molecule has 0 heterocycles. The van der Waals surface area contributed by atoms with Gasteiger partial charge in [-0.05, 0) is 32.1 Å². The Morgan fingerprint density at radius 2 is 1.86 bits per heavy atom. The van der Waals surface area contributed by atoms with E-state index in [9.17, 15) is 0 Å². The van der Waals surface area contributed by atoms with Crippen LogP contribution in [0.5, 0.6) is 0 Å². The normalized spacial score (nSPS) is 14.2. The largest absolute Gasteiger partial charge is 0.0914 e. The lowest BCUT2D eigenvalue weighted by molar-refractivity contribution is 0.526. The highest BCUT2D eigenvalue weighted by Gasteiger charge is 1.99. The van der Waals surface area contributed by atoms with Crippen LogP contribution in [-0.4, -0.2) is 0 Å². The fourth-order valence-corrected chi connectivity index (χ4v) is 1.58. The third kappa shape index (κ3) is 8.10. The fourth-order valence-electron chi connectivity index (χ4n) is 1.58. The molecule has 0 aliphatic heterocycles. The van der Waals surface area contributed by atoms with Crippen LogP contribution >= 0.6 is 0 Å². The maximum Gasteiger partial charge on any atom is -0.0169 e. The van der Waals surface area contributed by atoms with Crippen LogP contribution in [0.2, 0.25) is 0 Å². The van der Waals surface area contributed by atoms with Gasteiger partial charge in [-0.3, -0.25) is 0 Å². The van der Waals surface area contributed by atoms with E-state index in [-0.39, 0.29) is 0 Å². The second-order valence-electron chi connectivity index (χ2n) is 3.90. The number of rotatable bonds is 8. The van der Waals surface area contributed by atoms with Gasteiger partial charge in [-0.1, -0.05) is 57.4 Å². The van der Waals surface area contributed by atoms with E-state index in [0.717, 1.165) is 12.3 Å². The van der Waals surface area contributed by atoms with Gasteiger partial charge in [0.05, 0.1) is 0 Å².